The molecule has 4 amide bonds. The van der Waals surface area contributed by atoms with Crippen molar-refractivity contribution in [1.82, 2.24) is 10.2 Å². The molecule has 1 unspecified atom stereocenters. The fourth-order valence-corrected chi connectivity index (χ4v) is 4.58. The summed E-state index contributed by atoms with van der Waals surface area (Å²) in [6.07, 6.45) is 0.544. The average molecular weight is 518 g/mol. The third kappa shape index (κ3) is 4.16. The standard InChI is InChI=1S/C21H19IN4O4/c22-15-9-14(23-10-18(28)24-13-4-2-1-3-5-13)8-12-11-26(21(30)19(12)15)16-6-7-17(27)25-20(16)29/h1-5,8-9,16,23H,6-7,10-11H2,(H,24,28)(H,25,27,29). The molecule has 1 atom stereocenters. The van der Waals surface area contributed by atoms with Gasteiger partial charge in [-0.2, -0.15) is 0 Å². The summed E-state index contributed by atoms with van der Waals surface area (Å²) in [5.41, 5.74) is 2.81. The number of carbonyl (C=O) groups is 4. The first-order valence-electron chi connectivity index (χ1n) is 9.48. The monoisotopic (exact) mass is 518 g/mol. The van der Waals surface area contributed by atoms with Crippen LogP contribution in [0.2, 0.25) is 0 Å². The summed E-state index contributed by atoms with van der Waals surface area (Å²) in [5, 5.41) is 8.20. The van der Waals surface area contributed by atoms with Crippen LogP contribution >= 0.6 is 22.6 Å². The van der Waals surface area contributed by atoms with E-state index in [2.05, 4.69) is 38.5 Å². The van der Waals surface area contributed by atoms with E-state index in [0.29, 0.717) is 18.5 Å². The molecule has 2 aliphatic rings. The van der Waals surface area contributed by atoms with Gasteiger partial charge in [-0.05, 0) is 58.8 Å². The lowest BCUT2D eigenvalue weighted by atomic mass is 10.0. The minimum atomic E-state index is -0.647. The number of nitrogens with zero attached hydrogens (tertiary/aromatic N) is 1. The van der Waals surface area contributed by atoms with E-state index >= 15 is 0 Å². The van der Waals surface area contributed by atoms with E-state index < -0.39 is 11.9 Å². The molecule has 0 bridgehead atoms. The molecule has 154 valence electrons. The second-order valence-corrected chi connectivity index (χ2v) is 8.32. The lowest BCUT2D eigenvalue weighted by Gasteiger charge is -2.29. The van der Waals surface area contributed by atoms with Crippen molar-refractivity contribution in [2.75, 3.05) is 17.2 Å². The highest BCUT2D eigenvalue weighted by Gasteiger charge is 2.40. The van der Waals surface area contributed by atoms with Crippen molar-refractivity contribution in [3.8, 4) is 0 Å². The van der Waals surface area contributed by atoms with Crippen molar-refractivity contribution in [2.24, 2.45) is 0 Å². The maximum atomic E-state index is 12.9. The molecule has 2 aromatic carbocycles. The van der Waals surface area contributed by atoms with Crippen LogP contribution in [-0.4, -0.2) is 41.1 Å². The van der Waals surface area contributed by atoms with Gasteiger partial charge in [0, 0.05) is 27.9 Å². The summed E-state index contributed by atoms with van der Waals surface area (Å²) < 4.78 is 0.746. The molecule has 2 heterocycles. The molecule has 4 rings (SSSR count). The Balaban J connectivity index is 1.44. The highest BCUT2D eigenvalue weighted by Crippen LogP contribution is 2.33. The summed E-state index contributed by atoms with van der Waals surface area (Å²) >= 11 is 2.09. The predicted octanol–water partition coefficient (Wildman–Crippen LogP) is 2.10. The summed E-state index contributed by atoms with van der Waals surface area (Å²) in [5.74, 6) is -1.14. The summed E-state index contributed by atoms with van der Waals surface area (Å²) in [7, 11) is 0. The molecule has 0 aromatic heterocycles. The number of hydrogen-bond donors (Lipinski definition) is 3. The molecule has 3 N–H and O–H groups in total. The second-order valence-electron chi connectivity index (χ2n) is 7.16. The van der Waals surface area contributed by atoms with Crippen molar-refractivity contribution in [1.29, 1.82) is 0 Å². The number of amides is 4. The average Bonchev–Trinajstić information content (AvgIpc) is 3.04. The molecular weight excluding hydrogens is 499 g/mol. The van der Waals surface area contributed by atoms with E-state index in [-0.39, 0.29) is 30.7 Å². The maximum Gasteiger partial charge on any atom is 0.256 e. The Labute approximate surface area is 186 Å². The number of halogens is 1. The topological polar surface area (TPSA) is 108 Å². The van der Waals surface area contributed by atoms with Crippen LogP contribution in [0.15, 0.2) is 42.5 Å². The molecule has 30 heavy (non-hydrogen) atoms. The molecule has 1 saturated heterocycles. The Morgan fingerprint density at radius 1 is 1.13 bits per heavy atom. The van der Waals surface area contributed by atoms with Crippen molar-refractivity contribution in [3.63, 3.8) is 0 Å². The molecule has 0 aliphatic carbocycles. The Kier molecular flexibility index (Phi) is 5.71. The van der Waals surface area contributed by atoms with Gasteiger partial charge in [-0.15, -0.1) is 0 Å². The number of fused-ring (bicyclic) bond motifs is 1. The van der Waals surface area contributed by atoms with Gasteiger partial charge in [0.25, 0.3) is 5.91 Å². The number of anilines is 2. The van der Waals surface area contributed by atoms with E-state index in [1.807, 2.05) is 36.4 Å². The van der Waals surface area contributed by atoms with Gasteiger partial charge >= 0.3 is 0 Å². The van der Waals surface area contributed by atoms with Crippen LogP contribution < -0.4 is 16.0 Å². The number of benzene rings is 2. The van der Waals surface area contributed by atoms with Crippen LogP contribution in [0.25, 0.3) is 0 Å². The van der Waals surface area contributed by atoms with Gasteiger partial charge in [-0.1, -0.05) is 18.2 Å². The van der Waals surface area contributed by atoms with Gasteiger partial charge in [-0.25, -0.2) is 0 Å². The largest absolute Gasteiger partial charge is 0.376 e. The molecular formula is C21H19IN4O4. The van der Waals surface area contributed by atoms with E-state index in [9.17, 15) is 19.2 Å². The first-order valence-corrected chi connectivity index (χ1v) is 10.6. The molecule has 9 heteroatoms. The summed E-state index contributed by atoms with van der Waals surface area (Å²) in [6.45, 7) is 0.372. The van der Waals surface area contributed by atoms with Gasteiger partial charge < -0.3 is 15.5 Å². The van der Waals surface area contributed by atoms with E-state index in [4.69, 9.17) is 0 Å². The van der Waals surface area contributed by atoms with Gasteiger partial charge in [0.15, 0.2) is 0 Å². The van der Waals surface area contributed by atoms with Crippen molar-refractivity contribution < 1.29 is 19.2 Å². The normalized spacial score (nSPS) is 18.1. The SMILES string of the molecule is O=C1CCC(N2Cc3cc(NCC(=O)Nc4ccccc4)cc(I)c3C2=O)C(=O)N1. The Morgan fingerprint density at radius 3 is 2.63 bits per heavy atom. The number of hydrogen-bond acceptors (Lipinski definition) is 5. The van der Waals surface area contributed by atoms with Crippen molar-refractivity contribution >= 4 is 57.6 Å². The van der Waals surface area contributed by atoms with E-state index in [1.165, 1.54) is 4.90 Å². The molecule has 8 nitrogen and oxygen atoms in total. The lowest BCUT2D eigenvalue weighted by molar-refractivity contribution is -0.137. The third-order valence-corrected chi connectivity index (χ3v) is 5.94. The van der Waals surface area contributed by atoms with Gasteiger partial charge in [0.05, 0.1) is 12.1 Å². The highest BCUT2D eigenvalue weighted by molar-refractivity contribution is 14.1. The summed E-state index contributed by atoms with van der Waals surface area (Å²) in [6, 6.07) is 12.2. The van der Waals surface area contributed by atoms with E-state index in [0.717, 1.165) is 20.5 Å². The van der Waals surface area contributed by atoms with Crippen molar-refractivity contribution in [3.05, 3.63) is 57.2 Å². The minimum absolute atomic E-state index is 0.0779. The van der Waals surface area contributed by atoms with Crippen LogP contribution in [0.3, 0.4) is 0 Å². The molecule has 0 radical (unpaired) electrons. The molecule has 2 aromatic rings. The van der Waals surface area contributed by atoms with Crippen LogP contribution in [0.5, 0.6) is 0 Å². The Morgan fingerprint density at radius 2 is 1.90 bits per heavy atom. The minimum Gasteiger partial charge on any atom is -0.376 e. The smallest absolute Gasteiger partial charge is 0.256 e. The van der Waals surface area contributed by atoms with Gasteiger partial charge in [-0.3, -0.25) is 24.5 Å². The molecule has 1 fully saturated rings. The Bertz CT molecular complexity index is 1040. The number of imide groups is 1. The number of nitrogens with one attached hydrogen (secondary N) is 3. The summed E-state index contributed by atoms with van der Waals surface area (Å²) in [4.78, 5) is 50.2. The predicted molar refractivity (Wildman–Crippen MR) is 119 cm³/mol. The van der Waals surface area contributed by atoms with Gasteiger partial charge in [0.2, 0.25) is 17.7 Å². The number of rotatable bonds is 5. The van der Waals surface area contributed by atoms with Crippen LogP contribution in [0.4, 0.5) is 11.4 Å². The lowest BCUT2D eigenvalue weighted by Crippen LogP contribution is -2.52. The number of para-hydroxylation sites is 1. The van der Waals surface area contributed by atoms with Crippen molar-refractivity contribution in [2.45, 2.75) is 25.4 Å². The van der Waals surface area contributed by atoms with Crippen LogP contribution in [0, 0.1) is 3.57 Å². The molecule has 0 saturated carbocycles. The quantitative estimate of drug-likeness (QED) is 0.415. The Hall–Kier alpha value is -2.95. The molecule has 0 spiro atoms. The van der Waals surface area contributed by atoms with Gasteiger partial charge in [0.1, 0.15) is 6.04 Å². The number of carbonyl (C=O) groups excluding carboxylic acids is 4. The zero-order valence-electron chi connectivity index (χ0n) is 15.9. The number of piperidine rings is 1. The maximum absolute atomic E-state index is 12.9. The second kappa shape index (κ2) is 8.42. The fourth-order valence-electron chi connectivity index (χ4n) is 3.67. The first-order chi connectivity index (χ1) is 14.4. The highest BCUT2D eigenvalue weighted by atomic mass is 127. The van der Waals surface area contributed by atoms with Crippen LogP contribution in [-0.2, 0) is 20.9 Å². The zero-order chi connectivity index (χ0) is 21.3. The first kappa shape index (κ1) is 20.3. The zero-order valence-corrected chi connectivity index (χ0v) is 18.1. The molecule has 2 aliphatic heterocycles. The fraction of sp³-hybridized carbons (Fsp3) is 0.238. The third-order valence-electron chi connectivity index (χ3n) is 5.08. The van der Waals surface area contributed by atoms with Crippen LogP contribution in [0.1, 0.15) is 28.8 Å². The van der Waals surface area contributed by atoms with E-state index in [1.54, 1.807) is 6.07 Å².